The van der Waals surface area contributed by atoms with Gasteiger partial charge in [-0.15, -0.1) is 0 Å². The Morgan fingerprint density at radius 3 is 2.58 bits per heavy atom. The Labute approximate surface area is 199 Å². The molecule has 4 rings (SSSR count). The summed E-state index contributed by atoms with van der Waals surface area (Å²) in [7, 11) is 0. The van der Waals surface area contributed by atoms with Gasteiger partial charge in [-0.3, -0.25) is 19.8 Å². The standard InChI is InChI=1S/C24H17ClN2O5S/c1-12-3-4-13(2)19(9-12)27-22(29)17(21(28)26-24(27)33)11-15-6-8-20(32-15)14-5-7-16(23(30)31)18(25)10-14/h3-11H,1-2H3,(H,30,31)(H,26,28,33)/b17-11+. The highest BCUT2D eigenvalue weighted by atomic mass is 35.5. The van der Waals surface area contributed by atoms with Crippen LogP contribution in [0.2, 0.25) is 5.02 Å². The maximum atomic E-state index is 13.2. The molecule has 2 N–H and O–H groups in total. The first-order chi connectivity index (χ1) is 15.7. The van der Waals surface area contributed by atoms with E-state index in [1.165, 1.54) is 23.1 Å². The molecular weight excluding hydrogens is 464 g/mol. The molecule has 2 heterocycles. The van der Waals surface area contributed by atoms with Crippen LogP contribution >= 0.6 is 23.8 Å². The van der Waals surface area contributed by atoms with Gasteiger partial charge < -0.3 is 9.52 Å². The summed E-state index contributed by atoms with van der Waals surface area (Å²) in [5.74, 6) is -1.67. The molecule has 0 aliphatic carbocycles. The maximum Gasteiger partial charge on any atom is 0.337 e. The van der Waals surface area contributed by atoms with Crippen molar-refractivity contribution in [3.8, 4) is 11.3 Å². The number of carbonyl (C=O) groups is 3. The normalized spacial score (nSPS) is 15.2. The quantitative estimate of drug-likeness (QED) is 0.317. The zero-order chi connectivity index (χ0) is 23.9. The molecule has 9 heteroatoms. The van der Waals surface area contributed by atoms with Crippen LogP contribution in [-0.4, -0.2) is 28.0 Å². The Morgan fingerprint density at radius 2 is 1.88 bits per heavy atom. The van der Waals surface area contributed by atoms with E-state index in [0.29, 0.717) is 17.0 Å². The highest BCUT2D eigenvalue weighted by molar-refractivity contribution is 7.80. The lowest BCUT2D eigenvalue weighted by Crippen LogP contribution is -2.54. The van der Waals surface area contributed by atoms with Gasteiger partial charge in [-0.1, -0.05) is 29.8 Å². The van der Waals surface area contributed by atoms with Crippen molar-refractivity contribution in [3.05, 3.63) is 81.6 Å². The number of hydrogen-bond acceptors (Lipinski definition) is 5. The summed E-state index contributed by atoms with van der Waals surface area (Å²) in [6, 6.07) is 13.3. The van der Waals surface area contributed by atoms with E-state index >= 15 is 0 Å². The lowest BCUT2D eigenvalue weighted by atomic mass is 10.1. The molecule has 0 radical (unpaired) electrons. The van der Waals surface area contributed by atoms with Gasteiger partial charge in [0.15, 0.2) is 5.11 Å². The number of nitrogens with one attached hydrogen (secondary N) is 1. The van der Waals surface area contributed by atoms with Crippen LogP contribution in [0, 0.1) is 13.8 Å². The summed E-state index contributed by atoms with van der Waals surface area (Å²) in [5.41, 5.74) is 2.74. The first kappa shape index (κ1) is 22.4. The summed E-state index contributed by atoms with van der Waals surface area (Å²) >= 11 is 11.3. The molecular formula is C24H17ClN2O5S. The van der Waals surface area contributed by atoms with Crippen LogP contribution in [0.5, 0.6) is 0 Å². The zero-order valence-corrected chi connectivity index (χ0v) is 19.1. The zero-order valence-electron chi connectivity index (χ0n) is 17.5. The van der Waals surface area contributed by atoms with Crippen LogP contribution in [-0.2, 0) is 9.59 Å². The minimum atomic E-state index is -1.13. The Morgan fingerprint density at radius 1 is 1.12 bits per heavy atom. The topological polar surface area (TPSA) is 99.8 Å². The van der Waals surface area contributed by atoms with E-state index in [1.54, 1.807) is 18.2 Å². The van der Waals surface area contributed by atoms with Gasteiger partial charge in [-0.25, -0.2) is 4.79 Å². The van der Waals surface area contributed by atoms with Crippen molar-refractivity contribution < 1.29 is 23.9 Å². The molecule has 0 unspecified atom stereocenters. The van der Waals surface area contributed by atoms with Gasteiger partial charge >= 0.3 is 5.97 Å². The predicted molar refractivity (Wildman–Crippen MR) is 128 cm³/mol. The first-order valence-corrected chi connectivity index (χ1v) is 10.6. The molecule has 166 valence electrons. The van der Waals surface area contributed by atoms with Crippen LogP contribution < -0.4 is 10.2 Å². The fourth-order valence-electron chi connectivity index (χ4n) is 3.41. The van der Waals surface area contributed by atoms with Gasteiger partial charge in [-0.05, 0) is 73.6 Å². The molecule has 0 atom stereocenters. The van der Waals surface area contributed by atoms with E-state index < -0.39 is 17.8 Å². The van der Waals surface area contributed by atoms with Crippen LogP contribution in [0.15, 0.2) is 58.5 Å². The molecule has 1 aromatic heterocycles. The molecule has 1 saturated heterocycles. The summed E-state index contributed by atoms with van der Waals surface area (Å²) < 4.78 is 5.77. The number of carboxylic acids is 1. The largest absolute Gasteiger partial charge is 0.478 e. The van der Waals surface area contributed by atoms with Gasteiger partial charge in [0.05, 0.1) is 16.3 Å². The van der Waals surface area contributed by atoms with Crippen molar-refractivity contribution in [2.24, 2.45) is 0 Å². The molecule has 1 aliphatic rings. The molecule has 1 aliphatic heterocycles. The second-order valence-corrected chi connectivity index (χ2v) is 8.24. The highest BCUT2D eigenvalue weighted by Crippen LogP contribution is 2.30. The Balaban J connectivity index is 1.68. The SMILES string of the molecule is Cc1ccc(C)c(N2C(=O)/C(=C/c3ccc(-c4ccc(C(=O)O)c(Cl)c4)o3)C(=O)NC2=S)c1. The smallest absolute Gasteiger partial charge is 0.337 e. The highest BCUT2D eigenvalue weighted by Gasteiger charge is 2.35. The maximum absolute atomic E-state index is 13.2. The summed E-state index contributed by atoms with van der Waals surface area (Å²) in [6.45, 7) is 3.75. The molecule has 2 amide bonds. The second kappa shape index (κ2) is 8.65. The molecule has 0 spiro atoms. The fourth-order valence-corrected chi connectivity index (χ4v) is 3.94. The number of nitrogens with zero attached hydrogens (tertiary/aromatic N) is 1. The van der Waals surface area contributed by atoms with Crippen LogP contribution in [0.3, 0.4) is 0 Å². The van der Waals surface area contributed by atoms with Crippen molar-refractivity contribution in [2.45, 2.75) is 13.8 Å². The minimum Gasteiger partial charge on any atom is -0.478 e. The van der Waals surface area contributed by atoms with E-state index in [9.17, 15) is 14.4 Å². The van der Waals surface area contributed by atoms with Gasteiger partial charge in [-0.2, -0.15) is 0 Å². The summed E-state index contributed by atoms with van der Waals surface area (Å²) in [6.07, 6.45) is 1.34. The lowest BCUT2D eigenvalue weighted by Gasteiger charge is -2.30. The summed E-state index contributed by atoms with van der Waals surface area (Å²) in [4.78, 5) is 38.2. The number of rotatable bonds is 4. The minimum absolute atomic E-state index is 0.00384. The number of furan rings is 1. The first-order valence-electron chi connectivity index (χ1n) is 9.77. The summed E-state index contributed by atoms with van der Waals surface area (Å²) in [5, 5.41) is 11.7. The Hall–Kier alpha value is -3.75. The monoisotopic (exact) mass is 480 g/mol. The number of aryl methyl sites for hydroxylation is 2. The van der Waals surface area contributed by atoms with E-state index in [4.69, 9.17) is 33.3 Å². The van der Waals surface area contributed by atoms with Crippen LogP contribution in [0.25, 0.3) is 17.4 Å². The second-order valence-electron chi connectivity index (χ2n) is 7.45. The predicted octanol–water partition coefficient (Wildman–Crippen LogP) is 4.75. The van der Waals surface area contributed by atoms with Gasteiger partial charge in [0.1, 0.15) is 17.1 Å². The number of aromatic carboxylic acids is 1. The van der Waals surface area contributed by atoms with E-state index in [-0.39, 0.29) is 27.0 Å². The van der Waals surface area contributed by atoms with Gasteiger partial charge in [0.25, 0.3) is 11.8 Å². The number of carbonyl (C=O) groups excluding carboxylic acids is 2. The van der Waals surface area contributed by atoms with Crippen molar-refractivity contribution in [1.29, 1.82) is 0 Å². The Bertz CT molecular complexity index is 1370. The lowest BCUT2D eigenvalue weighted by molar-refractivity contribution is -0.122. The van der Waals surface area contributed by atoms with E-state index in [2.05, 4.69) is 5.32 Å². The third-order valence-electron chi connectivity index (χ3n) is 5.10. The van der Waals surface area contributed by atoms with Crippen molar-refractivity contribution in [1.82, 2.24) is 5.32 Å². The van der Waals surface area contributed by atoms with Crippen molar-refractivity contribution in [2.75, 3.05) is 4.90 Å². The van der Waals surface area contributed by atoms with Crippen LogP contribution in [0.1, 0.15) is 27.2 Å². The molecule has 1 fully saturated rings. The number of anilines is 1. The third-order valence-corrected chi connectivity index (χ3v) is 5.70. The number of amides is 2. The molecule has 3 aromatic rings. The van der Waals surface area contributed by atoms with E-state index in [1.807, 2.05) is 32.0 Å². The number of halogens is 1. The van der Waals surface area contributed by atoms with Crippen LogP contribution in [0.4, 0.5) is 5.69 Å². The molecule has 2 aromatic carbocycles. The van der Waals surface area contributed by atoms with E-state index in [0.717, 1.165) is 11.1 Å². The number of benzene rings is 2. The number of thiocarbonyl (C=S) groups is 1. The van der Waals surface area contributed by atoms with Crippen molar-refractivity contribution in [3.63, 3.8) is 0 Å². The molecule has 33 heavy (non-hydrogen) atoms. The molecule has 0 saturated carbocycles. The average Bonchev–Trinajstić information content (AvgIpc) is 3.22. The molecule has 0 bridgehead atoms. The van der Waals surface area contributed by atoms with Gasteiger partial charge in [0, 0.05) is 5.56 Å². The Kier molecular flexibility index (Phi) is 5.88. The third kappa shape index (κ3) is 4.30. The van der Waals surface area contributed by atoms with Gasteiger partial charge in [0.2, 0.25) is 0 Å². The number of carboxylic acid groups (broad SMARTS) is 1. The fraction of sp³-hybridized carbons (Fsp3) is 0.0833. The van der Waals surface area contributed by atoms with Crippen molar-refractivity contribution >= 4 is 58.5 Å². The number of hydrogen-bond donors (Lipinski definition) is 2. The molecule has 7 nitrogen and oxygen atoms in total. The average molecular weight is 481 g/mol.